The standard InChI is InChI=1S/C14H22N2O5S/c1-14(2,3)21-13(19)15-6-5-9(15)11(17)16-8-22-7-10(16)12(18)20-4/h9-10H,5-8H2,1-4H3/t9-,10+/m1/s1. The van der Waals surface area contributed by atoms with Crippen molar-refractivity contribution >= 4 is 29.7 Å². The van der Waals surface area contributed by atoms with E-state index in [9.17, 15) is 14.4 Å². The highest BCUT2D eigenvalue weighted by atomic mass is 32.2. The Morgan fingerprint density at radius 2 is 1.82 bits per heavy atom. The van der Waals surface area contributed by atoms with E-state index in [1.807, 2.05) is 0 Å². The Morgan fingerprint density at radius 3 is 2.32 bits per heavy atom. The van der Waals surface area contributed by atoms with Crippen LogP contribution in [0.2, 0.25) is 0 Å². The fourth-order valence-electron chi connectivity index (χ4n) is 2.37. The van der Waals surface area contributed by atoms with Gasteiger partial charge in [0.15, 0.2) is 0 Å². The Morgan fingerprint density at radius 1 is 1.14 bits per heavy atom. The minimum atomic E-state index is -0.599. The van der Waals surface area contributed by atoms with E-state index in [4.69, 9.17) is 9.47 Å². The molecule has 0 aromatic rings. The molecule has 2 aliphatic rings. The summed E-state index contributed by atoms with van der Waals surface area (Å²) in [7, 11) is 1.31. The molecule has 0 aromatic heterocycles. The van der Waals surface area contributed by atoms with Crippen LogP contribution in [0.5, 0.6) is 0 Å². The van der Waals surface area contributed by atoms with Crippen LogP contribution in [-0.4, -0.2) is 70.7 Å². The Balaban J connectivity index is 2.01. The van der Waals surface area contributed by atoms with E-state index in [1.165, 1.54) is 28.7 Å². The Bertz CT molecular complexity index is 476. The number of rotatable bonds is 2. The largest absolute Gasteiger partial charge is 0.467 e. The zero-order valence-corrected chi connectivity index (χ0v) is 14.1. The van der Waals surface area contributed by atoms with Crippen LogP contribution in [0.4, 0.5) is 4.79 Å². The van der Waals surface area contributed by atoms with E-state index >= 15 is 0 Å². The van der Waals surface area contributed by atoms with Gasteiger partial charge in [0.25, 0.3) is 0 Å². The summed E-state index contributed by atoms with van der Waals surface area (Å²) in [5, 5.41) is 0. The monoisotopic (exact) mass is 330 g/mol. The van der Waals surface area contributed by atoms with Crippen molar-refractivity contribution < 1.29 is 23.9 Å². The molecule has 0 unspecified atom stereocenters. The highest BCUT2D eigenvalue weighted by Gasteiger charge is 2.45. The van der Waals surface area contributed by atoms with Gasteiger partial charge in [0.2, 0.25) is 5.91 Å². The number of carbonyl (C=O) groups excluding carboxylic acids is 3. The molecule has 0 saturated carbocycles. The minimum Gasteiger partial charge on any atom is -0.467 e. The summed E-state index contributed by atoms with van der Waals surface area (Å²) in [6, 6.07) is -1.11. The second-order valence-electron chi connectivity index (χ2n) is 6.33. The molecule has 0 bridgehead atoms. The summed E-state index contributed by atoms with van der Waals surface area (Å²) >= 11 is 1.50. The fraction of sp³-hybridized carbons (Fsp3) is 0.786. The second kappa shape index (κ2) is 6.36. The lowest BCUT2D eigenvalue weighted by Crippen LogP contribution is -2.61. The van der Waals surface area contributed by atoms with Gasteiger partial charge in [-0.25, -0.2) is 9.59 Å². The van der Waals surface area contributed by atoms with Crippen LogP contribution in [0, 0.1) is 0 Å². The van der Waals surface area contributed by atoms with Crippen LogP contribution < -0.4 is 0 Å². The van der Waals surface area contributed by atoms with Gasteiger partial charge in [0.05, 0.1) is 13.0 Å². The number of nitrogens with zero attached hydrogens (tertiary/aromatic N) is 2. The topological polar surface area (TPSA) is 76.2 Å². The first-order chi connectivity index (χ1) is 10.2. The number of esters is 1. The average Bonchev–Trinajstić information content (AvgIpc) is 2.83. The molecule has 7 nitrogen and oxygen atoms in total. The lowest BCUT2D eigenvalue weighted by molar-refractivity contribution is -0.154. The number of ether oxygens (including phenoxy) is 2. The van der Waals surface area contributed by atoms with Crippen molar-refractivity contribution in [2.45, 2.75) is 44.9 Å². The van der Waals surface area contributed by atoms with Crippen LogP contribution in [0.1, 0.15) is 27.2 Å². The summed E-state index contributed by atoms with van der Waals surface area (Å²) in [5.74, 6) is 0.341. The zero-order valence-electron chi connectivity index (χ0n) is 13.3. The third kappa shape index (κ3) is 3.48. The van der Waals surface area contributed by atoms with Crippen LogP contribution in [-0.2, 0) is 19.1 Å². The molecule has 0 radical (unpaired) electrons. The van der Waals surface area contributed by atoms with Crippen LogP contribution >= 0.6 is 11.8 Å². The summed E-state index contributed by atoms with van der Waals surface area (Å²) < 4.78 is 10.0. The van der Waals surface area contributed by atoms with E-state index in [0.717, 1.165) is 0 Å². The molecule has 2 heterocycles. The average molecular weight is 330 g/mol. The maximum atomic E-state index is 12.6. The summed E-state index contributed by atoms with van der Waals surface area (Å²) in [4.78, 5) is 39.3. The van der Waals surface area contributed by atoms with Gasteiger partial charge in [-0.2, -0.15) is 0 Å². The highest BCUT2D eigenvalue weighted by Crippen LogP contribution is 2.28. The highest BCUT2D eigenvalue weighted by molar-refractivity contribution is 7.99. The van der Waals surface area contributed by atoms with Crippen LogP contribution in [0.25, 0.3) is 0 Å². The molecule has 2 aliphatic heterocycles. The molecule has 2 amide bonds. The van der Waals surface area contributed by atoms with E-state index in [-0.39, 0.29) is 5.91 Å². The van der Waals surface area contributed by atoms with Crippen molar-refractivity contribution in [1.82, 2.24) is 9.80 Å². The molecule has 0 spiro atoms. The molecule has 124 valence electrons. The molecule has 2 atom stereocenters. The molecule has 22 heavy (non-hydrogen) atoms. The van der Waals surface area contributed by atoms with Crippen molar-refractivity contribution in [2.75, 3.05) is 25.3 Å². The van der Waals surface area contributed by atoms with E-state index in [1.54, 1.807) is 20.8 Å². The maximum Gasteiger partial charge on any atom is 0.410 e. The van der Waals surface area contributed by atoms with Crippen molar-refractivity contribution in [3.63, 3.8) is 0 Å². The molecule has 0 N–H and O–H groups in total. The van der Waals surface area contributed by atoms with Crippen LogP contribution in [0.3, 0.4) is 0 Å². The summed E-state index contributed by atoms with van der Waals surface area (Å²) in [6.45, 7) is 5.85. The second-order valence-corrected chi connectivity index (χ2v) is 7.32. The van der Waals surface area contributed by atoms with Crippen molar-refractivity contribution in [3.8, 4) is 0 Å². The fourth-order valence-corrected chi connectivity index (χ4v) is 3.51. The summed E-state index contributed by atoms with van der Waals surface area (Å²) in [5.41, 5.74) is -0.599. The zero-order chi connectivity index (χ0) is 16.5. The van der Waals surface area contributed by atoms with Gasteiger partial charge in [0.1, 0.15) is 17.7 Å². The lowest BCUT2D eigenvalue weighted by Gasteiger charge is -2.42. The van der Waals surface area contributed by atoms with E-state index in [0.29, 0.717) is 24.6 Å². The number of hydrogen-bond donors (Lipinski definition) is 0. The van der Waals surface area contributed by atoms with Gasteiger partial charge in [-0.1, -0.05) is 0 Å². The predicted molar refractivity (Wildman–Crippen MR) is 81.3 cm³/mol. The third-order valence-electron chi connectivity index (χ3n) is 3.57. The first-order valence-corrected chi connectivity index (χ1v) is 8.35. The maximum absolute atomic E-state index is 12.6. The van der Waals surface area contributed by atoms with Gasteiger partial charge in [-0.15, -0.1) is 11.8 Å². The van der Waals surface area contributed by atoms with Gasteiger partial charge < -0.3 is 14.4 Å². The Kier molecular flexibility index (Phi) is 4.89. The predicted octanol–water partition coefficient (Wildman–Crippen LogP) is 1.07. The molecule has 0 aromatic carbocycles. The van der Waals surface area contributed by atoms with Crippen LogP contribution in [0.15, 0.2) is 0 Å². The number of likely N-dealkylation sites (tertiary alicyclic amines) is 1. The number of methoxy groups -OCH3 is 1. The van der Waals surface area contributed by atoms with E-state index in [2.05, 4.69) is 0 Å². The SMILES string of the molecule is COC(=O)[C@@H]1CSCN1C(=O)[C@H]1CCN1C(=O)OC(C)(C)C. The molecule has 2 saturated heterocycles. The molecular formula is C14H22N2O5S. The third-order valence-corrected chi connectivity index (χ3v) is 4.58. The molecule has 2 rings (SSSR count). The molecule has 8 heteroatoms. The Hall–Kier alpha value is -1.44. The first kappa shape index (κ1) is 16.9. The smallest absolute Gasteiger partial charge is 0.410 e. The van der Waals surface area contributed by atoms with Gasteiger partial charge in [-0.3, -0.25) is 9.69 Å². The minimum absolute atomic E-state index is 0.211. The van der Waals surface area contributed by atoms with E-state index < -0.39 is 29.7 Å². The lowest BCUT2D eigenvalue weighted by atomic mass is 10.0. The van der Waals surface area contributed by atoms with Crippen molar-refractivity contribution in [1.29, 1.82) is 0 Å². The van der Waals surface area contributed by atoms with Gasteiger partial charge in [-0.05, 0) is 27.2 Å². The number of thioether (sulfide) groups is 1. The van der Waals surface area contributed by atoms with Crippen molar-refractivity contribution in [2.24, 2.45) is 0 Å². The molecular weight excluding hydrogens is 308 g/mol. The van der Waals surface area contributed by atoms with Gasteiger partial charge >= 0.3 is 12.1 Å². The number of carbonyl (C=O) groups is 3. The Labute approximate surface area is 134 Å². The van der Waals surface area contributed by atoms with Gasteiger partial charge in [0, 0.05) is 12.3 Å². The first-order valence-electron chi connectivity index (χ1n) is 7.20. The summed E-state index contributed by atoms with van der Waals surface area (Å²) in [6.07, 6.45) is 0.103. The van der Waals surface area contributed by atoms with Crippen molar-refractivity contribution in [3.05, 3.63) is 0 Å². The quantitative estimate of drug-likeness (QED) is 0.705. The normalized spacial score (nSPS) is 24.7. The molecule has 0 aliphatic carbocycles. The number of hydrogen-bond acceptors (Lipinski definition) is 6. The number of amides is 2. The molecule has 2 fully saturated rings.